The third-order valence-electron chi connectivity index (χ3n) is 3.90. The smallest absolute Gasteiger partial charge is 0.129 e. The van der Waals surface area contributed by atoms with Gasteiger partial charge in [0.05, 0.1) is 28.7 Å². The Labute approximate surface area is 146 Å². The average molecular weight is 385 g/mol. The summed E-state index contributed by atoms with van der Waals surface area (Å²) in [4.78, 5) is 9.28. The molecule has 0 aliphatic rings. The Hall–Kier alpha value is -2.27. The minimum Gasteiger partial charge on any atom is -0.493 e. The predicted molar refractivity (Wildman–Crippen MR) is 98.4 cm³/mol. The van der Waals surface area contributed by atoms with Crippen molar-refractivity contribution in [2.75, 3.05) is 11.9 Å². The molecule has 0 aliphatic carbocycles. The van der Waals surface area contributed by atoms with E-state index in [0.29, 0.717) is 17.6 Å². The molecule has 0 fully saturated rings. The first-order chi connectivity index (χ1) is 11.8. The second-order valence-electron chi connectivity index (χ2n) is 5.54. The number of ether oxygens (including phenoxy) is 1. The van der Waals surface area contributed by atoms with Crippen molar-refractivity contribution >= 4 is 48.8 Å². The Bertz CT molecular complexity index is 1050. The maximum atomic E-state index is 13.5. The summed E-state index contributed by atoms with van der Waals surface area (Å²) >= 11 is 3.41. The first-order valence-corrected chi connectivity index (χ1v) is 8.86. The number of hydrogen-bond donors (Lipinski definition) is 0. The number of halogens is 2. The second kappa shape index (κ2) is 6.32. The van der Waals surface area contributed by atoms with E-state index >= 15 is 0 Å². The van der Waals surface area contributed by atoms with E-state index in [4.69, 9.17) is 4.74 Å². The summed E-state index contributed by atoms with van der Waals surface area (Å²) in [5.41, 5.74) is 2.74. The third kappa shape index (κ3) is 2.69. The monoisotopic (exact) mass is 384 g/mol. The Balaban J connectivity index is 1.99. The molecule has 5 heteroatoms. The fourth-order valence-corrected chi connectivity index (χ4v) is 3.03. The van der Waals surface area contributed by atoms with E-state index < -0.39 is 0 Å². The summed E-state index contributed by atoms with van der Waals surface area (Å²) in [6.45, 7) is 0.632. The number of hydrogen-bond acceptors (Lipinski definition) is 3. The van der Waals surface area contributed by atoms with Gasteiger partial charge < -0.3 is 4.74 Å². The lowest BCUT2D eigenvalue weighted by Gasteiger charge is -2.11. The highest BCUT2D eigenvalue weighted by Crippen LogP contribution is 2.32. The van der Waals surface area contributed by atoms with Crippen molar-refractivity contribution in [1.82, 2.24) is 9.97 Å². The molecule has 0 radical (unpaired) electrons. The van der Waals surface area contributed by atoms with Crippen molar-refractivity contribution in [1.29, 1.82) is 0 Å². The van der Waals surface area contributed by atoms with Gasteiger partial charge in [0.2, 0.25) is 0 Å². The van der Waals surface area contributed by atoms with Gasteiger partial charge in [0.15, 0.2) is 0 Å². The summed E-state index contributed by atoms with van der Waals surface area (Å²) in [6, 6.07) is 14.3. The standard InChI is InChI=1S/C19H14BrFN2O/c20-8-3-9-24-18-11-17-19(14-5-2-1-4-13(14)18)23-16-10-12(21)6-7-15(16)22-17/h1-2,4-7,10-11H,3,8-9H2. The van der Waals surface area contributed by atoms with Crippen LogP contribution in [0.1, 0.15) is 6.42 Å². The van der Waals surface area contributed by atoms with Crippen molar-refractivity contribution in [3.63, 3.8) is 0 Å². The van der Waals surface area contributed by atoms with Crippen LogP contribution in [0.2, 0.25) is 0 Å². The number of nitrogens with zero attached hydrogens (tertiary/aromatic N) is 2. The first kappa shape index (κ1) is 15.3. The average Bonchev–Trinajstić information content (AvgIpc) is 2.60. The van der Waals surface area contributed by atoms with Crippen LogP contribution in [0.15, 0.2) is 48.5 Å². The van der Waals surface area contributed by atoms with Crippen LogP contribution in [0.25, 0.3) is 32.8 Å². The van der Waals surface area contributed by atoms with Gasteiger partial charge in [-0.25, -0.2) is 14.4 Å². The lowest BCUT2D eigenvalue weighted by atomic mass is 10.1. The van der Waals surface area contributed by atoms with E-state index in [0.717, 1.165) is 39.3 Å². The lowest BCUT2D eigenvalue weighted by Crippen LogP contribution is -1.99. The van der Waals surface area contributed by atoms with Gasteiger partial charge in [-0.05, 0) is 18.6 Å². The molecule has 0 amide bonds. The van der Waals surface area contributed by atoms with Crippen molar-refractivity contribution in [2.45, 2.75) is 6.42 Å². The molecule has 120 valence electrons. The number of benzene rings is 3. The molecule has 24 heavy (non-hydrogen) atoms. The van der Waals surface area contributed by atoms with Gasteiger partial charge in [0.1, 0.15) is 11.6 Å². The van der Waals surface area contributed by atoms with E-state index in [1.807, 2.05) is 30.3 Å². The second-order valence-corrected chi connectivity index (χ2v) is 6.33. The molecule has 0 unspecified atom stereocenters. The van der Waals surface area contributed by atoms with Crippen LogP contribution in [-0.2, 0) is 0 Å². The molecule has 3 nitrogen and oxygen atoms in total. The molecule has 0 saturated carbocycles. The van der Waals surface area contributed by atoms with E-state index in [-0.39, 0.29) is 5.82 Å². The van der Waals surface area contributed by atoms with Crippen molar-refractivity contribution in [2.24, 2.45) is 0 Å². The highest BCUT2D eigenvalue weighted by atomic mass is 79.9. The number of rotatable bonds is 4. The zero-order valence-electron chi connectivity index (χ0n) is 12.8. The van der Waals surface area contributed by atoms with E-state index in [2.05, 4.69) is 25.9 Å². The molecule has 4 aromatic rings. The van der Waals surface area contributed by atoms with Gasteiger partial charge in [-0.2, -0.15) is 0 Å². The molecule has 1 heterocycles. The summed E-state index contributed by atoms with van der Waals surface area (Å²) in [5.74, 6) is 0.491. The van der Waals surface area contributed by atoms with E-state index in [9.17, 15) is 4.39 Å². The van der Waals surface area contributed by atoms with Crippen LogP contribution in [0.5, 0.6) is 5.75 Å². The Morgan fingerprint density at radius 3 is 2.58 bits per heavy atom. The Kier molecular flexibility index (Phi) is 4.02. The van der Waals surface area contributed by atoms with Crippen molar-refractivity contribution < 1.29 is 9.13 Å². The zero-order chi connectivity index (χ0) is 16.5. The normalized spacial score (nSPS) is 11.4. The van der Waals surface area contributed by atoms with Gasteiger partial charge >= 0.3 is 0 Å². The van der Waals surface area contributed by atoms with Crippen LogP contribution in [0, 0.1) is 5.82 Å². The Morgan fingerprint density at radius 1 is 0.917 bits per heavy atom. The molecular formula is C19H14BrFN2O. The maximum absolute atomic E-state index is 13.5. The fraction of sp³-hybridized carbons (Fsp3) is 0.158. The highest BCUT2D eigenvalue weighted by molar-refractivity contribution is 9.09. The van der Waals surface area contributed by atoms with E-state index in [1.54, 1.807) is 6.07 Å². The van der Waals surface area contributed by atoms with Gasteiger partial charge in [-0.3, -0.25) is 0 Å². The number of fused-ring (bicyclic) bond motifs is 4. The molecule has 0 atom stereocenters. The van der Waals surface area contributed by atoms with Gasteiger partial charge in [0, 0.05) is 28.2 Å². The zero-order valence-corrected chi connectivity index (χ0v) is 14.4. The number of aromatic nitrogens is 2. The molecule has 3 aromatic carbocycles. The van der Waals surface area contributed by atoms with E-state index in [1.165, 1.54) is 12.1 Å². The fourth-order valence-electron chi connectivity index (χ4n) is 2.80. The number of alkyl halides is 1. The molecular weight excluding hydrogens is 371 g/mol. The molecule has 4 rings (SSSR count). The lowest BCUT2D eigenvalue weighted by molar-refractivity contribution is 0.323. The van der Waals surface area contributed by atoms with Crippen LogP contribution >= 0.6 is 15.9 Å². The molecule has 0 bridgehead atoms. The quantitative estimate of drug-likeness (QED) is 0.209. The highest BCUT2D eigenvalue weighted by Gasteiger charge is 2.11. The summed E-state index contributed by atoms with van der Waals surface area (Å²) < 4.78 is 19.4. The minimum absolute atomic E-state index is 0.310. The topological polar surface area (TPSA) is 35.0 Å². The minimum atomic E-state index is -0.310. The van der Waals surface area contributed by atoms with Gasteiger partial charge in [-0.15, -0.1) is 0 Å². The molecule has 0 aliphatic heterocycles. The summed E-state index contributed by atoms with van der Waals surface area (Å²) in [7, 11) is 0. The molecule has 0 saturated heterocycles. The van der Waals surface area contributed by atoms with Crippen molar-refractivity contribution in [3.8, 4) is 5.75 Å². The largest absolute Gasteiger partial charge is 0.493 e. The molecule has 0 spiro atoms. The summed E-state index contributed by atoms with van der Waals surface area (Å²) in [6.07, 6.45) is 0.926. The van der Waals surface area contributed by atoms with Gasteiger partial charge in [-0.1, -0.05) is 40.2 Å². The van der Waals surface area contributed by atoms with Crippen LogP contribution in [-0.4, -0.2) is 21.9 Å². The van der Waals surface area contributed by atoms with Crippen LogP contribution in [0.4, 0.5) is 4.39 Å². The van der Waals surface area contributed by atoms with Crippen LogP contribution in [0.3, 0.4) is 0 Å². The summed E-state index contributed by atoms with van der Waals surface area (Å²) in [5, 5.41) is 2.85. The first-order valence-electron chi connectivity index (χ1n) is 7.74. The third-order valence-corrected chi connectivity index (χ3v) is 4.46. The van der Waals surface area contributed by atoms with Crippen molar-refractivity contribution in [3.05, 3.63) is 54.3 Å². The van der Waals surface area contributed by atoms with Gasteiger partial charge in [0.25, 0.3) is 0 Å². The Morgan fingerprint density at radius 2 is 1.75 bits per heavy atom. The SMILES string of the molecule is Fc1ccc2nc3cc(OCCCBr)c4ccccc4c3nc2c1. The molecule has 1 aromatic heterocycles. The molecule has 0 N–H and O–H groups in total. The maximum Gasteiger partial charge on any atom is 0.129 e. The predicted octanol–water partition coefficient (Wildman–Crippen LogP) is 5.24. The van der Waals surface area contributed by atoms with Crippen LogP contribution < -0.4 is 4.74 Å².